The van der Waals surface area contributed by atoms with Crippen LogP contribution in [0.25, 0.3) is 0 Å². The van der Waals surface area contributed by atoms with Gasteiger partial charge in [-0.25, -0.2) is 0 Å². The smallest absolute Gasteiger partial charge is 0.0580 e. The van der Waals surface area contributed by atoms with Crippen LogP contribution in [-0.2, 0) is 13.0 Å². The predicted octanol–water partition coefficient (Wildman–Crippen LogP) is 4.59. The molecule has 3 heteroatoms. The van der Waals surface area contributed by atoms with Gasteiger partial charge in [-0.2, -0.15) is 0 Å². The van der Waals surface area contributed by atoms with Crippen molar-refractivity contribution in [2.45, 2.75) is 102 Å². The van der Waals surface area contributed by atoms with Gasteiger partial charge in [0, 0.05) is 19.1 Å². The standard InChI is InChI=1S/C27H39NO2/c1-15-4-7-25-16(2)18-5-6-19-20(22(18)14-28(25)13-15)11-23-21(19)12-26(30)24-10-17(29)8-9-27(23,24)3/h5-6,15-17,21,23-26,29-30H,4,7-14H2,1-3H3. The summed E-state index contributed by atoms with van der Waals surface area (Å²) >= 11 is 0. The lowest BCUT2D eigenvalue weighted by Gasteiger charge is -2.55. The van der Waals surface area contributed by atoms with Crippen LogP contribution in [0.4, 0.5) is 0 Å². The van der Waals surface area contributed by atoms with Gasteiger partial charge >= 0.3 is 0 Å². The minimum absolute atomic E-state index is 0.163. The van der Waals surface area contributed by atoms with Crippen LogP contribution in [-0.4, -0.2) is 39.9 Å². The average molecular weight is 410 g/mol. The summed E-state index contributed by atoms with van der Waals surface area (Å²) < 4.78 is 0. The maximum atomic E-state index is 11.1. The summed E-state index contributed by atoms with van der Waals surface area (Å²) in [4.78, 5) is 2.79. The van der Waals surface area contributed by atoms with E-state index in [1.165, 1.54) is 25.8 Å². The molecule has 0 amide bonds. The Labute approximate surface area is 181 Å². The van der Waals surface area contributed by atoms with Crippen LogP contribution in [0.3, 0.4) is 0 Å². The van der Waals surface area contributed by atoms with Gasteiger partial charge in [0.25, 0.3) is 0 Å². The lowest BCUT2D eigenvalue weighted by Crippen LogP contribution is -2.52. The van der Waals surface area contributed by atoms with Crippen molar-refractivity contribution in [3.8, 4) is 0 Å². The summed E-state index contributed by atoms with van der Waals surface area (Å²) in [6.07, 6.45) is 7.08. The van der Waals surface area contributed by atoms with Crippen molar-refractivity contribution in [1.29, 1.82) is 0 Å². The zero-order chi connectivity index (χ0) is 20.8. The number of benzene rings is 1. The van der Waals surface area contributed by atoms with E-state index in [1.54, 1.807) is 22.3 Å². The van der Waals surface area contributed by atoms with Gasteiger partial charge in [0.1, 0.15) is 0 Å². The molecule has 0 radical (unpaired) electrons. The molecule has 30 heavy (non-hydrogen) atoms. The van der Waals surface area contributed by atoms with Crippen LogP contribution < -0.4 is 0 Å². The third-order valence-electron chi connectivity index (χ3n) is 10.4. The first-order valence-corrected chi connectivity index (χ1v) is 12.6. The summed E-state index contributed by atoms with van der Waals surface area (Å²) in [6, 6.07) is 5.63. The highest BCUT2D eigenvalue weighted by Crippen LogP contribution is 2.62. The van der Waals surface area contributed by atoms with Gasteiger partial charge in [-0.05, 0) is 102 Å². The average Bonchev–Trinajstić information content (AvgIpc) is 3.09. The van der Waals surface area contributed by atoms with Crippen LogP contribution in [0.15, 0.2) is 12.1 Å². The van der Waals surface area contributed by atoms with Crippen molar-refractivity contribution in [3.05, 3.63) is 34.4 Å². The summed E-state index contributed by atoms with van der Waals surface area (Å²) in [5, 5.41) is 21.4. The first-order chi connectivity index (χ1) is 14.4. The zero-order valence-corrected chi connectivity index (χ0v) is 19.0. The molecule has 9 unspecified atom stereocenters. The van der Waals surface area contributed by atoms with Gasteiger partial charge in [-0.15, -0.1) is 0 Å². The second kappa shape index (κ2) is 6.80. The van der Waals surface area contributed by atoms with E-state index in [4.69, 9.17) is 0 Å². The Morgan fingerprint density at radius 3 is 2.60 bits per heavy atom. The van der Waals surface area contributed by atoms with E-state index in [2.05, 4.69) is 37.8 Å². The summed E-state index contributed by atoms with van der Waals surface area (Å²) in [5.41, 5.74) is 6.62. The molecular formula is C27H39NO2. The molecule has 1 saturated heterocycles. The molecule has 164 valence electrons. The van der Waals surface area contributed by atoms with Crippen LogP contribution in [0.5, 0.6) is 0 Å². The van der Waals surface area contributed by atoms with E-state index in [-0.39, 0.29) is 23.5 Å². The van der Waals surface area contributed by atoms with E-state index in [9.17, 15) is 10.2 Å². The predicted molar refractivity (Wildman–Crippen MR) is 119 cm³/mol. The quantitative estimate of drug-likeness (QED) is 0.659. The molecule has 3 nitrogen and oxygen atoms in total. The molecule has 5 aliphatic rings. The fourth-order valence-electron chi connectivity index (χ4n) is 8.74. The Morgan fingerprint density at radius 2 is 1.77 bits per heavy atom. The molecule has 2 heterocycles. The second-order valence-corrected chi connectivity index (χ2v) is 11.9. The Hall–Kier alpha value is -0.900. The number of hydrogen-bond donors (Lipinski definition) is 2. The number of piperidine rings is 1. The van der Waals surface area contributed by atoms with E-state index in [0.717, 1.165) is 44.2 Å². The molecule has 9 atom stereocenters. The fourth-order valence-corrected chi connectivity index (χ4v) is 8.74. The van der Waals surface area contributed by atoms with Crippen molar-refractivity contribution < 1.29 is 10.2 Å². The third kappa shape index (κ3) is 2.67. The summed E-state index contributed by atoms with van der Waals surface area (Å²) in [6.45, 7) is 9.71. The van der Waals surface area contributed by atoms with Crippen molar-refractivity contribution >= 4 is 0 Å². The van der Waals surface area contributed by atoms with Gasteiger partial charge in [-0.1, -0.05) is 32.9 Å². The van der Waals surface area contributed by atoms with Gasteiger partial charge in [0.05, 0.1) is 12.2 Å². The number of aliphatic hydroxyl groups is 2. The highest BCUT2D eigenvalue weighted by molar-refractivity contribution is 5.50. The molecule has 1 aromatic carbocycles. The molecule has 2 aliphatic heterocycles. The lowest BCUT2D eigenvalue weighted by molar-refractivity contribution is -0.113. The van der Waals surface area contributed by atoms with Crippen molar-refractivity contribution in [3.63, 3.8) is 0 Å². The van der Waals surface area contributed by atoms with Crippen molar-refractivity contribution in [2.24, 2.45) is 23.2 Å². The van der Waals surface area contributed by atoms with Gasteiger partial charge in [0.15, 0.2) is 0 Å². The maximum Gasteiger partial charge on any atom is 0.0580 e. The first kappa shape index (κ1) is 19.8. The van der Waals surface area contributed by atoms with Crippen molar-refractivity contribution in [1.82, 2.24) is 4.90 Å². The Morgan fingerprint density at radius 1 is 0.967 bits per heavy atom. The minimum Gasteiger partial charge on any atom is -0.393 e. The molecular weight excluding hydrogens is 370 g/mol. The van der Waals surface area contributed by atoms with Crippen LogP contribution >= 0.6 is 0 Å². The van der Waals surface area contributed by atoms with E-state index in [1.807, 2.05) is 0 Å². The van der Waals surface area contributed by atoms with E-state index in [0.29, 0.717) is 17.8 Å². The van der Waals surface area contributed by atoms with E-state index >= 15 is 0 Å². The number of aliphatic hydroxyl groups excluding tert-OH is 2. The number of hydrogen-bond acceptors (Lipinski definition) is 3. The van der Waals surface area contributed by atoms with Gasteiger partial charge in [-0.3, -0.25) is 4.90 Å². The lowest BCUT2D eigenvalue weighted by atomic mass is 9.51. The molecule has 2 N–H and O–H groups in total. The molecule has 1 aromatic rings. The number of fused-ring (bicyclic) bond motifs is 8. The summed E-state index contributed by atoms with van der Waals surface area (Å²) in [7, 11) is 0. The monoisotopic (exact) mass is 409 g/mol. The first-order valence-electron chi connectivity index (χ1n) is 12.6. The molecule has 6 rings (SSSR count). The highest BCUT2D eigenvalue weighted by Gasteiger charge is 2.57. The highest BCUT2D eigenvalue weighted by atomic mass is 16.3. The Balaban J connectivity index is 1.39. The van der Waals surface area contributed by atoms with Crippen LogP contribution in [0.2, 0.25) is 0 Å². The largest absolute Gasteiger partial charge is 0.393 e. The fraction of sp³-hybridized carbons (Fsp3) is 0.778. The summed E-state index contributed by atoms with van der Waals surface area (Å²) in [5.74, 6) is 2.85. The normalized spacial score (nSPS) is 47.6. The molecule has 3 fully saturated rings. The number of rotatable bonds is 0. The van der Waals surface area contributed by atoms with Crippen LogP contribution in [0, 0.1) is 23.2 Å². The topological polar surface area (TPSA) is 43.7 Å². The molecule has 3 aliphatic carbocycles. The Bertz CT molecular complexity index is 852. The molecule has 2 saturated carbocycles. The Kier molecular flexibility index (Phi) is 4.48. The maximum absolute atomic E-state index is 11.1. The molecule has 0 spiro atoms. The van der Waals surface area contributed by atoms with Crippen LogP contribution in [0.1, 0.15) is 93.4 Å². The zero-order valence-electron chi connectivity index (χ0n) is 19.0. The SMILES string of the molecule is CC1CCC2C(C)c3ccc4c(c3CN2C1)CC1C4CC(O)C2CC(O)CCC21C. The van der Waals surface area contributed by atoms with Gasteiger partial charge < -0.3 is 10.2 Å². The van der Waals surface area contributed by atoms with Crippen molar-refractivity contribution in [2.75, 3.05) is 6.54 Å². The second-order valence-electron chi connectivity index (χ2n) is 11.9. The molecule has 0 aromatic heterocycles. The minimum atomic E-state index is -0.264. The van der Waals surface area contributed by atoms with E-state index < -0.39 is 0 Å². The number of nitrogens with zero attached hydrogens (tertiary/aromatic N) is 1. The third-order valence-corrected chi connectivity index (χ3v) is 10.4. The molecule has 0 bridgehead atoms. The van der Waals surface area contributed by atoms with Gasteiger partial charge in [0.2, 0.25) is 0 Å².